The molecule has 0 radical (unpaired) electrons. The van der Waals surface area contributed by atoms with Crippen LogP contribution in [0, 0.1) is 0 Å². The zero-order valence-electron chi connectivity index (χ0n) is 17.0. The van der Waals surface area contributed by atoms with Gasteiger partial charge in [0.15, 0.2) is 11.5 Å². The highest BCUT2D eigenvalue weighted by Gasteiger charge is 2.30. The highest BCUT2D eigenvalue weighted by molar-refractivity contribution is 7.89. The number of ether oxygens (including phenoxy) is 3. The number of rotatable bonds is 7. The average Bonchev–Trinajstić information content (AvgIpc) is 3.33. The van der Waals surface area contributed by atoms with Crippen molar-refractivity contribution < 1.29 is 22.6 Å². The number of nitrogens with zero attached hydrogens (tertiary/aromatic N) is 2. The van der Waals surface area contributed by atoms with Gasteiger partial charge < -0.3 is 19.5 Å². The first-order valence-electron chi connectivity index (χ1n) is 9.68. The Morgan fingerprint density at radius 2 is 1.93 bits per heavy atom. The van der Waals surface area contributed by atoms with Crippen LogP contribution < -0.4 is 14.8 Å². The number of halogens is 1. The molecule has 166 valence electrons. The fourth-order valence-corrected chi connectivity index (χ4v) is 5.19. The van der Waals surface area contributed by atoms with Crippen LogP contribution in [0.5, 0.6) is 11.5 Å². The van der Waals surface area contributed by atoms with E-state index in [4.69, 9.17) is 14.2 Å². The van der Waals surface area contributed by atoms with Gasteiger partial charge in [-0.05, 0) is 32.0 Å². The minimum absolute atomic E-state index is 0. The zero-order valence-corrected chi connectivity index (χ0v) is 18.6. The molecule has 2 aliphatic rings. The average molecular weight is 459 g/mol. The van der Waals surface area contributed by atoms with E-state index in [-0.39, 0.29) is 37.2 Å². The number of nitrogens with one attached hydrogen (secondary N) is 2. The Hall–Kier alpha value is -1.85. The van der Waals surface area contributed by atoms with Crippen LogP contribution in [0.1, 0.15) is 19.4 Å². The number of aromatic nitrogens is 2. The monoisotopic (exact) mass is 458 g/mol. The molecule has 1 fully saturated rings. The number of hydrogen-bond acceptors (Lipinski definition) is 7. The van der Waals surface area contributed by atoms with Crippen LogP contribution in [-0.4, -0.2) is 67.3 Å². The molecule has 3 heterocycles. The third kappa shape index (κ3) is 5.06. The van der Waals surface area contributed by atoms with Crippen LogP contribution in [0.4, 0.5) is 0 Å². The maximum atomic E-state index is 12.6. The summed E-state index contributed by atoms with van der Waals surface area (Å²) in [5.41, 5.74) is 2.76. The van der Waals surface area contributed by atoms with Gasteiger partial charge in [-0.3, -0.25) is 5.10 Å². The molecule has 2 N–H and O–H groups in total. The summed E-state index contributed by atoms with van der Waals surface area (Å²) < 4.78 is 43.2. The van der Waals surface area contributed by atoms with Crippen molar-refractivity contribution in [2.45, 2.75) is 32.6 Å². The summed E-state index contributed by atoms with van der Waals surface area (Å²) in [6, 6.07) is 5.72. The van der Waals surface area contributed by atoms with E-state index in [2.05, 4.69) is 15.5 Å². The van der Waals surface area contributed by atoms with Gasteiger partial charge in [-0.1, -0.05) is 0 Å². The number of benzene rings is 1. The van der Waals surface area contributed by atoms with E-state index in [0.717, 1.165) is 22.6 Å². The fraction of sp³-hybridized carbons (Fsp3) is 0.526. The number of H-pyrrole nitrogens is 1. The number of sulfonamides is 1. The van der Waals surface area contributed by atoms with Gasteiger partial charge >= 0.3 is 0 Å². The molecular weight excluding hydrogens is 432 g/mol. The second-order valence-corrected chi connectivity index (χ2v) is 9.49. The summed E-state index contributed by atoms with van der Waals surface area (Å²) in [6.45, 7) is 5.69. The van der Waals surface area contributed by atoms with Gasteiger partial charge in [0.1, 0.15) is 0 Å². The lowest BCUT2D eigenvalue weighted by atomic mass is 10.1. The summed E-state index contributed by atoms with van der Waals surface area (Å²) >= 11 is 0. The Bertz CT molecular complexity index is 958. The van der Waals surface area contributed by atoms with Gasteiger partial charge in [0.05, 0.1) is 29.9 Å². The Morgan fingerprint density at radius 1 is 1.20 bits per heavy atom. The van der Waals surface area contributed by atoms with E-state index in [1.54, 1.807) is 6.20 Å². The lowest BCUT2D eigenvalue weighted by molar-refractivity contribution is -0.0440. The Kier molecular flexibility index (Phi) is 7.25. The summed E-state index contributed by atoms with van der Waals surface area (Å²) in [5, 5.41) is 10.4. The van der Waals surface area contributed by atoms with Crippen molar-refractivity contribution in [1.29, 1.82) is 0 Å². The number of fused-ring (bicyclic) bond motifs is 1. The van der Waals surface area contributed by atoms with Gasteiger partial charge in [-0.25, -0.2) is 8.42 Å². The Labute approximate surface area is 182 Å². The quantitative estimate of drug-likeness (QED) is 0.609. The summed E-state index contributed by atoms with van der Waals surface area (Å²) in [4.78, 5) is 0. The summed E-state index contributed by atoms with van der Waals surface area (Å²) in [7, 11) is -3.32. The van der Waals surface area contributed by atoms with E-state index in [0.29, 0.717) is 31.9 Å². The molecule has 2 aromatic rings. The van der Waals surface area contributed by atoms with Crippen LogP contribution in [0.25, 0.3) is 11.3 Å². The number of aromatic amines is 1. The van der Waals surface area contributed by atoms with Crippen LogP contribution in [0.2, 0.25) is 0 Å². The van der Waals surface area contributed by atoms with E-state index < -0.39 is 10.0 Å². The maximum absolute atomic E-state index is 12.6. The first kappa shape index (κ1) is 22.8. The zero-order chi connectivity index (χ0) is 20.4. The summed E-state index contributed by atoms with van der Waals surface area (Å²) in [6.07, 6.45) is 1.57. The minimum atomic E-state index is -3.32. The van der Waals surface area contributed by atoms with Gasteiger partial charge in [0.25, 0.3) is 0 Å². The van der Waals surface area contributed by atoms with Gasteiger partial charge in [-0.15, -0.1) is 12.4 Å². The first-order valence-corrected chi connectivity index (χ1v) is 11.3. The normalized spacial score (nSPS) is 21.4. The minimum Gasteiger partial charge on any atom is -0.454 e. The van der Waals surface area contributed by atoms with Crippen LogP contribution in [0.3, 0.4) is 0 Å². The number of morpholine rings is 1. The fourth-order valence-electron chi connectivity index (χ4n) is 3.66. The molecule has 0 aliphatic carbocycles. The van der Waals surface area contributed by atoms with Crippen molar-refractivity contribution in [2.75, 3.05) is 32.2 Å². The van der Waals surface area contributed by atoms with Crippen LogP contribution >= 0.6 is 12.4 Å². The predicted molar refractivity (Wildman–Crippen MR) is 114 cm³/mol. The van der Waals surface area contributed by atoms with Crippen LogP contribution in [-0.2, 0) is 21.3 Å². The van der Waals surface area contributed by atoms with E-state index in [9.17, 15) is 8.42 Å². The molecule has 1 aromatic carbocycles. The predicted octanol–water partition coefficient (Wildman–Crippen LogP) is 1.76. The Morgan fingerprint density at radius 3 is 2.70 bits per heavy atom. The van der Waals surface area contributed by atoms with Crippen molar-refractivity contribution in [3.05, 3.63) is 30.0 Å². The van der Waals surface area contributed by atoms with E-state index in [1.165, 1.54) is 4.31 Å². The third-order valence-corrected chi connectivity index (χ3v) is 6.82. The molecule has 2 aliphatic heterocycles. The van der Waals surface area contributed by atoms with Crippen molar-refractivity contribution in [3.63, 3.8) is 0 Å². The van der Waals surface area contributed by atoms with Gasteiger partial charge in [0.2, 0.25) is 16.8 Å². The van der Waals surface area contributed by atoms with Crippen molar-refractivity contribution in [1.82, 2.24) is 19.8 Å². The Balaban J connectivity index is 0.00000256. The SMILES string of the molecule is CC1CN(S(=O)(=O)CCNCc2cn[nH]c2-c2ccc3c(c2)OCO3)CC(C)O1.Cl. The standard InChI is InChI=1S/C19H26N4O5S.ClH/c1-13-10-23(11-14(2)28-13)29(24,25)6-5-20-8-16-9-21-22-19(16)15-3-4-17-18(7-15)27-12-26-17;/h3-4,7,9,13-14,20H,5-6,8,10-12H2,1-2H3,(H,21,22);1H. The van der Waals surface area contributed by atoms with Gasteiger partial charge in [-0.2, -0.15) is 9.40 Å². The molecule has 30 heavy (non-hydrogen) atoms. The lowest BCUT2D eigenvalue weighted by Gasteiger charge is -2.34. The van der Waals surface area contributed by atoms with Crippen molar-refractivity contribution in [3.8, 4) is 22.8 Å². The molecule has 0 bridgehead atoms. The largest absolute Gasteiger partial charge is 0.454 e. The van der Waals surface area contributed by atoms with E-state index in [1.807, 2.05) is 32.0 Å². The first-order chi connectivity index (χ1) is 13.9. The molecule has 1 aromatic heterocycles. The highest BCUT2D eigenvalue weighted by Crippen LogP contribution is 2.36. The molecular formula is C19H27ClN4O5S. The second kappa shape index (κ2) is 9.52. The molecule has 2 atom stereocenters. The smallest absolute Gasteiger partial charge is 0.231 e. The molecule has 2 unspecified atom stereocenters. The highest BCUT2D eigenvalue weighted by atomic mass is 35.5. The third-order valence-electron chi connectivity index (χ3n) is 5.01. The summed E-state index contributed by atoms with van der Waals surface area (Å²) in [5.74, 6) is 1.48. The number of hydrogen-bond donors (Lipinski definition) is 2. The molecule has 0 saturated carbocycles. The van der Waals surface area contributed by atoms with Crippen molar-refractivity contribution in [2.24, 2.45) is 0 Å². The van der Waals surface area contributed by atoms with E-state index >= 15 is 0 Å². The topological polar surface area (TPSA) is 106 Å². The molecule has 4 rings (SSSR count). The lowest BCUT2D eigenvalue weighted by Crippen LogP contribution is -2.49. The van der Waals surface area contributed by atoms with Gasteiger partial charge in [0, 0.05) is 37.3 Å². The molecule has 0 spiro atoms. The second-order valence-electron chi connectivity index (χ2n) is 7.41. The molecule has 9 nitrogen and oxygen atoms in total. The van der Waals surface area contributed by atoms with Crippen LogP contribution in [0.15, 0.2) is 24.4 Å². The molecule has 1 saturated heterocycles. The van der Waals surface area contributed by atoms with Crippen molar-refractivity contribution >= 4 is 22.4 Å². The molecule has 0 amide bonds. The maximum Gasteiger partial charge on any atom is 0.231 e. The molecule has 11 heteroatoms.